The van der Waals surface area contributed by atoms with E-state index in [1.54, 1.807) is 30.4 Å². The van der Waals surface area contributed by atoms with Crippen molar-refractivity contribution in [2.24, 2.45) is 0 Å². The Kier molecular flexibility index (Phi) is 4.18. The molecule has 0 bridgehead atoms. The summed E-state index contributed by atoms with van der Waals surface area (Å²) in [5.41, 5.74) is 0. The second kappa shape index (κ2) is 5.87. The molecule has 0 aromatic carbocycles. The van der Waals surface area contributed by atoms with Gasteiger partial charge in [0.05, 0.1) is 13.0 Å². The van der Waals surface area contributed by atoms with Crippen LogP contribution in [-0.4, -0.2) is 40.5 Å². The topological polar surface area (TPSA) is 90.0 Å². The number of rotatable bonds is 6. The number of thiazole rings is 1. The third kappa shape index (κ3) is 2.72. The summed E-state index contributed by atoms with van der Waals surface area (Å²) in [5.74, 6) is -0.165. The molecule has 0 saturated heterocycles. The molecule has 9 heteroatoms. The standard InChI is InChI=1S/C11H14N4O4S/c1-3-19-8(16)4-5-13(2)9-10(15(17)18)14-6-7-20-11(14)12-9/h6-7H,3-5H2,1-2H3. The summed E-state index contributed by atoms with van der Waals surface area (Å²) in [4.78, 5) is 28.4. The van der Waals surface area contributed by atoms with Gasteiger partial charge in [-0.05, 0) is 11.8 Å². The van der Waals surface area contributed by atoms with Gasteiger partial charge in [-0.2, -0.15) is 9.38 Å². The third-order valence-electron chi connectivity index (χ3n) is 2.71. The lowest BCUT2D eigenvalue weighted by atomic mass is 10.4. The Morgan fingerprint density at radius 1 is 1.65 bits per heavy atom. The molecule has 0 aliphatic carbocycles. The number of anilines is 1. The number of ether oxygens (including phenoxy) is 1. The smallest absolute Gasteiger partial charge is 0.373 e. The average molecular weight is 298 g/mol. The molecular formula is C11H14N4O4S. The number of fused-ring (bicyclic) bond motifs is 1. The maximum atomic E-state index is 11.3. The summed E-state index contributed by atoms with van der Waals surface area (Å²) in [6, 6.07) is 0. The predicted octanol–water partition coefficient (Wildman–Crippen LogP) is 1.69. The minimum Gasteiger partial charge on any atom is -0.466 e. The number of nitro groups is 1. The van der Waals surface area contributed by atoms with Gasteiger partial charge in [0.15, 0.2) is 0 Å². The van der Waals surface area contributed by atoms with Gasteiger partial charge in [0.2, 0.25) is 5.82 Å². The maximum Gasteiger partial charge on any atom is 0.373 e. The second-order valence-electron chi connectivity index (χ2n) is 4.05. The van der Waals surface area contributed by atoms with Gasteiger partial charge in [-0.25, -0.2) is 0 Å². The van der Waals surface area contributed by atoms with Gasteiger partial charge in [0.25, 0.3) is 4.96 Å². The van der Waals surface area contributed by atoms with Crippen molar-refractivity contribution < 1.29 is 14.5 Å². The molecule has 8 nitrogen and oxygen atoms in total. The highest BCUT2D eigenvalue weighted by Crippen LogP contribution is 2.30. The zero-order valence-electron chi connectivity index (χ0n) is 11.1. The zero-order valence-corrected chi connectivity index (χ0v) is 11.9. The van der Waals surface area contributed by atoms with Crippen LogP contribution in [0.15, 0.2) is 11.6 Å². The predicted molar refractivity (Wildman–Crippen MR) is 74.2 cm³/mol. The minimum atomic E-state index is -0.469. The van der Waals surface area contributed by atoms with Crippen molar-refractivity contribution in [3.05, 3.63) is 21.7 Å². The normalized spacial score (nSPS) is 10.7. The lowest BCUT2D eigenvalue weighted by Crippen LogP contribution is -2.23. The first-order valence-corrected chi connectivity index (χ1v) is 6.89. The summed E-state index contributed by atoms with van der Waals surface area (Å²) in [6.45, 7) is 2.36. The number of aromatic nitrogens is 2. The summed E-state index contributed by atoms with van der Waals surface area (Å²) in [5, 5.41) is 12.9. The van der Waals surface area contributed by atoms with Crippen LogP contribution in [0.4, 0.5) is 11.6 Å². The van der Waals surface area contributed by atoms with Crippen molar-refractivity contribution in [1.29, 1.82) is 0 Å². The number of esters is 1. The van der Waals surface area contributed by atoms with Gasteiger partial charge in [0.1, 0.15) is 6.20 Å². The van der Waals surface area contributed by atoms with Crippen LogP contribution in [0.25, 0.3) is 4.96 Å². The first-order chi connectivity index (χ1) is 9.54. The Morgan fingerprint density at radius 3 is 3.05 bits per heavy atom. The fraction of sp³-hybridized carbons (Fsp3) is 0.455. The van der Waals surface area contributed by atoms with Crippen molar-refractivity contribution in [1.82, 2.24) is 9.38 Å². The quantitative estimate of drug-likeness (QED) is 0.458. The van der Waals surface area contributed by atoms with Crippen molar-refractivity contribution in [2.45, 2.75) is 13.3 Å². The van der Waals surface area contributed by atoms with E-state index in [4.69, 9.17) is 4.74 Å². The molecule has 0 fully saturated rings. The van der Waals surface area contributed by atoms with Gasteiger partial charge < -0.3 is 19.8 Å². The summed E-state index contributed by atoms with van der Waals surface area (Å²) >= 11 is 1.32. The molecule has 2 aromatic rings. The van der Waals surface area contributed by atoms with E-state index in [0.29, 0.717) is 18.1 Å². The van der Waals surface area contributed by atoms with E-state index in [1.165, 1.54) is 15.7 Å². The molecule has 0 unspecified atom stereocenters. The fourth-order valence-electron chi connectivity index (χ4n) is 1.79. The molecule has 0 spiro atoms. The van der Waals surface area contributed by atoms with E-state index in [0.717, 1.165) is 0 Å². The van der Waals surface area contributed by atoms with Crippen LogP contribution in [0.2, 0.25) is 0 Å². The molecule has 0 amide bonds. The number of carbonyl (C=O) groups excluding carboxylic acids is 1. The van der Waals surface area contributed by atoms with Crippen LogP contribution >= 0.6 is 11.3 Å². The Bertz CT molecular complexity index is 635. The molecule has 2 heterocycles. The van der Waals surface area contributed by atoms with Crippen LogP contribution in [0.3, 0.4) is 0 Å². The van der Waals surface area contributed by atoms with Gasteiger partial charge >= 0.3 is 11.8 Å². The number of imidazole rings is 1. The van der Waals surface area contributed by atoms with E-state index < -0.39 is 4.92 Å². The van der Waals surface area contributed by atoms with Crippen molar-refractivity contribution in [3.8, 4) is 0 Å². The van der Waals surface area contributed by atoms with Crippen molar-refractivity contribution >= 4 is 33.9 Å². The maximum absolute atomic E-state index is 11.3. The van der Waals surface area contributed by atoms with Gasteiger partial charge in [-0.15, -0.1) is 0 Å². The molecule has 2 aromatic heterocycles. The van der Waals surface area contributed by atoms with Crippen LogP contribution in [0, 0.1) is 10.1 Å². The van der Waals surface area contributed by atoms with Crippen molar-refractivity contribution in [2.75, 3.05) is 25.1 Å². The Hall–Kier alpha value is -2.16. The van der Waals surface area contributed by atoms with E-state index in [2.05, 4.69) is 4.98 Å². The molecule has 0 radical (unpaired) electrons. The van der Waals surface area contributed by atoms with Crippen LogP contribution in [0.5, 0.6) is 0 Å². The van der Waals surface area contributed by atoms with Gasteiger partial charge in [-0.3, -0.25) is 4.79 Å². The molecule has 2 rings (SSSR count). The minimum absolute atomic E-state index is 0.0902. The van der Waals surface area contributed by atoms with E-state index >= 15 is 0 Å². The van der Waals surface area contributed by atoms with Gasteiger partial charge in [0, 0.05) is 19.0 Å². The monoisotopic (exact) mass is 298 g/mol. The number of nitrogens with zero attached hydrogens (tertiary/aromatic N) is 4. The highest BCUT2D eigenvalue weighted by molar-refractivity contribution is 7.15. The summed E-state index contributed by atoms with van der Waals surface area (Å²) in [6.07, 6.45) is 1.76. The molecule has 108 valence electrons. The Morgan fingerprint density at radius 2 is 2.40 bits per heavy atom. The highest BCUT2D eigenvalue weighted by Gasteiger charge is 2.26. The van der Waals surface area contributed by atoms with E-state index in [1.807, 2.05) is 0 Å². The first kappa shape index (κ1) is 14.3. The lowest BCUT2D eigenvalue weighted by molar-refractivity contribution is -0.389. The Balaban J connectivity index is 2.19. The van der Waals surface area contributed by atoms with Crippen LogP contribution in [-0.2, 0) is 9.53 Å². The van der Waals surface area contributed by atoms with E-state index in [-0.39, 0.29) is 24.0 Å². The number of hydrogen-bond donors (Lipinski definition) is 0. The fourth-order valence-corrected chi connectivity index (χ4v) is 2.49. The second-order valence-corrected chi connectivity index (χ2v) is 4.92. The molecule has 0 N–H and O–H groups in total. The first-order valence-electron chi connectivity index (χ1n) is 6.01. The number of carbonyl (C=O) groups is 1. The molecule has 20 heavy (non-hydrogen) atoms. The summed E-state index contributed by atoms with van der Waals surface area (Å²) in [7, 11) is 1.67. The zero-order chi connectivity index (χ0) is 14.7. The largest absolute Gasteiger partial charge is 0.466 e. The van der Waals surface area contributed by atoms with Crippen LogP contribution in [0.1, 0.15) is 13.3 Å². The lowest BCUT2D eigenvalue weighted by Gasteiger charge is -2.15. The molecule has 0 atom stereocenters. The molecular weight excluding hydrogens is 284 g/mol. The molecule has 0 saturated carbocycles. The SMILES string of the molecule is CCOC(=O)CCN(C)c1nc2sccn2c1[N+](=O)[O-]. The van der Waals surface area contributed by atoms with E-state index in [9.17, 15) is 14.9 Å². The van der Waals surface area contributed by atoms with Gasteiger partial charge in [-0.1, -0.05) is 11.3 Å². The summed E-state index contributed by atoms with van der Waals surface area (Å²) < 4.78 is 6.26. The van der Waals surface area contributed by atoms with Crippen molar-refractivity contribution in [3.63, 3.8) is 0 Å². The molecule has 0 aliphatic rings. The third-order valence-corrected chi connectivity index (χ3v) is 3.47. The average Bonchev–Trinajstić information content (AvgIpc) is 2.95. The highest BCUT2D eigenvalue weighted by atomic mass is 32.1. The Labute approximate surface area is 118 Å². The van der Waals surface area contributed by atoms with Crippen LogP contribution < -0.4 is 4.90 Å². The molecule has 0 aliphatic heterocycles. The number of hydrogen-bond acceptors (Lipinski definition) is 7.